The summed E-state index contributed by atoms with van der Waals surface area (Å²) in [5.74, 6) is 0.240. The summed E-state index contributed by atoms with van der Waals surface area (Å²) in [5, 5.41) is 3.69. The monoisotopic (exact) mass is 433 g/mol. The third-order valence-electron chi connectivity index (χ3n) is 4.23. The molecule has 1 aliphatic heterocycles. The van der Waals surface area contributed by atoms with E-state index in [1.165, 1.54) is 12.1 Å². The fraction of sp³-hybridized carbons (Fsp3) is 0.294. The van der Waals surface area contributed by atoms with Crippen molar-refractivity contribution in [3.63, 3.8) is 0 Å². The van der Waals surface area contributed by atoms with E-state index in [4.69, 9.17) is 39.3 Å². The predicted octanol–water partition coefficient (Wildman–Crippen LogP) is 5.18. The largest absolute Gasteiger partial charge is 0.420 e. The summed E-state index contributed by atoms with van der Waals surface area (Å²) in [5.41, 5.74) is 1.15. The van der Waals surface area contributed by atoms with Gasteiger partial charge < -0.3 is 9.42 Å². The molecule has 1 saturated heterocycles. The maximum atomic E-state index is 13.3. The van der Waals surface area contributed by atoms with Crippen LogP contribution in [-0.2, 0) is 4.57 Å². The molecule has 0 unspecified atom stereocenters. The van der Waals surface area contributed by atoms with Gasteiger partial charge in [-0.2, -0.15) is 0 Å². The zero-order valence-electron chi connectivity index (χ0n) is 14.2. The number of rotatable bonds is 5. The number of nitrogens with one attached hydrogen (secondary N) is 1. The summed E-state index contributed by atoms with van der Waals surface area (Å²) in [6.07, 6.45) is 0. The lowest BCUT2D eigenvalue weighted by Crippen LogP contribution is -2.46. The van der Waals surface area contributed by atoms with Crippen LogP contribution in [0, 0.1) is 0 Å². The molecule has 140 valence electrons. The highest BCUT2D eigenvalue weighted by molar-refractivity contribution is 7.54. The van der Waals surface area contributed by atoms with Crippen LogP contribution in [0.5, 0.6) is 5.75 Å². The molecule has 2 aromatic carbocycles. The van der Waals surface area contributed by atoms with Crippen LogP contribution in [0.2, 0.25) is 15.1 Å². The molecule has 1 fully saturated rings. The van der Waals surface area contributed by atoms with Crippen LogP contribution in [0.4, 0.5) is 5.69 Å². The maximum absolute atomic E-state index is 13.3. The van der Waals surface area contributed by atoms with E-state index in [9.17, 15) is 4.57 Å². The van der Waals surface area contributed by atoms with Crippen molar-refractivity contribution < 1.29 is 9.09 Å². The molecule has 2 aromatic rings. The number of piperazine rings is 1. The van der Waals surface area contributed by atoms with E-state index in [-0.39, 0.29) is 10.8 Å². The average molecular weight is 435 g/mol. The van der Waals surface area contributed by atoms with Crippen LogP contribution >= 0.6 is 42.5 Å². The van der Waals surface area contributed by atoms with Gasteiger partial charge in [-0.25, -0.2) is 14.3 Å². The summed E-state index contributed by atoms with van der Waals surface area (Å²) in [4.78, 5) is 2.25. The molecule has 0 saturated carbocycles. The molecule has 0 aromatic heterocycles. The minimum absolute atomic E-state index is 0.240. The average Bonchev–Trinajstić information content (AvgIpc) is 2.67. The van der Waals surface area contributed by atoms with Gasteiger partial charge in [-0.15, -0.1) is 0 Å². The van der Waals surface area contributed by atoms with Crippen LogP contribution in [0.15, 0.2) is 42.5 Å². The zero-order valence-corrected chi connectivity index (χ0v) is 17.3. The highest BCUT2D eigenvalue weighted by Gasteiger charge is 2.35. The van der Waals surface area contributed by atoms with Crippen molar-refractivity contribution in [2.75, 3.05) is 38.1 Å². The van der Waals surface area contributed by atoms with Gasteiger partial charge in [-0.05, 0) is 25.2 Å². The second-order valence-corrected chi connectivity index (χ2v) is 9.27. The van der Waals surface area contributed by atoms with Crippen molar-refractivity contribution in [1.29, 1.82) is 0 Å². The molecule has 1 N–H and O–H groups in total. The van der Waals surface area contributed by atoms with Gasteiger partial charge in [0.05, 0.1) is 15.1 Å². The van der Waals surface area contributed by atoms with E-state index < -0.39 is 7.67 Å². The van der Waals surface area contributed by atoms with Gasteiger partial charge in [0.1, 0.15) is 5.75 Å². The lowest BCUT2D eigenvalue weighted by atomic mass is 10.2. The molecule has 0 aliphatic carbocycles. The summed E-state index contributed by atoms with van der Waals surface area (Å²) in [6.45, 7) is 2.67. The molecule has 0 spiro atoms. The molecule has 1 aliphatic rings. The lowest BCUT2D eigenvalue weighted by Gasteiger charge is -2.38. The summed E-state index contributed by atoms with van der Waals surface area (Å²) in [7, 11) is -1.70. The Kier molecular flexibility index (Phi) is 6.39. The van der Waals surface area contributed by atoms with E-state index in [1.54, 1.807) is 7.05 Å². The first-order valence-electron chi connectivity index (χ1n) is 8.11. The summed E-state index contributed by atoms with van der Waals surface area (Å²) < 4.78 is 20.9. The van der Waals surface area contributed by atoms with E-state index in [2.05, 4.69) is 22.1 Å². The van der Waals surface area contributed by atoms with E-state index in [0.29, 0.717) is 23.1 Å². The Bertz CT molecular complexity index is 814. The first-order chi connectivity index (χ1) is 12.4. The number of hydrogen-bond donors (Lipinski definition) is 1. The second kappa shape index (κ2) is 8.39. The summed E-state index contributed by atoms with van der Waals surface area (Å²) in [6, 6.07) is 13.1. The topological polar surface area (TPSA) is 44.8 Å². The molecule has 1 atom stereocenters. The molecule has 1 heterocycles. The number of nitrogens with zero attached hydrogens (tertiary/aromatic N) is 2. The Hall–Kier alpha value is -0.940. The smallest absolute Gasteiger partial charge is 0.393 e. The molecule has 9 heteroatoms. The van der Waals surface area contributed by atoms with Gasteiger partial charge >= 0.3 is 7.67 Å². The van der Waals surface area contributed by atoms with Crippen molar-refractivity contribution in [1.82, 2.24) is 9.76 Å². The Morgan fingerprint density at radius 2 is 1.58 bits per heavy atom. The standard InChI is InChI=1S/C17H19Cl3N3O2P/c1-21-26(24,25-17-12-15(19)14(18)11-16(17)20)23-9-7-22(8-10-23)13-5-3-2-4-6-13/h2-6,11-12H,7-10H2,1H3,(H,21,24)/t26-/m0/s1. The highest BCUT2D eigenvalue weighted by Crippen LogP contribution is 2.49. The number of para-hydroxylation sites is 1. The molecular weight excluding hydrogens is 416 g/mol. The van der Waals surface area contributed by atoms with Gasteiger partial charge in [-0.3, -0.25) is 0 Å². The first kappa shape index (κ1) is 19.8. The van der Waals surface area contributed by atoms with Crippen molar-refractivity contribution in [2.45, 2.75) is 0 Å². The van der Waals surface area contributed by atoms with Gasteiger partial charge in [0, 0.05) is 37.9 Å². The SMILES string of the molecule is CN[P@](=O)(Oc1cc(Cl)c(Cl)cc1Cl)N1CCN(c2ccccc2)CC1. The third kappa shape index (κ3) is 4.30. The molecule has 3 rings (SSSR count). The maximum Gasteiger partial charge on any atom is 0.393 e. The zero-order chi connectivity index (χ0) is 18.7. The van der Waals surface area contributed by atoms with Crippen molar-refractivity contribution >= 4 is 48.2 Å². The van der Waals surface area contributed by atoms with E-state index >= 15 is 0 Å². The molecule has 5 nitrogen and oxygen atoms in total. The fourth-order valence-corrected chi connectivity index (χ4v) is 5.05. The molecule has 26 heavy (non-hydrogen) atoms. The van der Waals surface area contributed by atoms with Gasteiger partial charge in [0.15, 0.2) is 0 Å². The molecule has 0 bridgehead atoms. The number of hydrogen-bond acceptors (Lipinski definition) is 3. The highest BCUT2D eigenvalue weighted by atomic mass is 35.5. The lowest BCUT2D eigenvalue weighted by molar-refractivity contribution is 0.327. The number of benzene rings is 2. The van der Waals surface area contributed by atoms with Crippen molar-refractivity contribution in [2.24, 2.45) is 0 Å². The van der Waals surface area contributed by atoms with Crippen LogP contribution in [0.3, 0.4) is 0 Å². The Labute approximate surface area is 168 Å². The minimum atomic E-state index is -3.31. The normalized spacial score (nSPS) is 17.8. The van der Waals surface area contributed by atoms with Crippen molar-refractivity contribution in [3.05, 3.63) is 57.5 Å². The van der Waals surface area contributed by atoms with Crippen LogP contribution in [0.25, 0.3) is 0 Å². The quantitative estimate of drug-likeness (QED) is 0.519. The van der Waals surface area contributed by atoms with Crippen LogP contribution < -0.4 is 14.5 Å². The Morgan fingerprint density at radius 1 is 0.962 bits per heavy atom. The van der Waals surface area contributed by atoms with E-state index in [1.807, 2.05) is 22.9 Å². The predicted molar refractivity (Wildman–Crippen MR) is 109 cm³/mol. The van der Waals surface area contributed by atoms with Crippen molar-refractivity contribution in [3.8, 4) is 5.75 Å². The number of anilines is 1. The fourth-order valence-electron chi connectivity index (χ4n) is 2.81. The Morgan fingerprint density at radius 3 is 2.19 bits per heavy atom. The Balaban J connectivity index is 1.73. The molecule has 0 amide bonds. The molecule has 0 radical (unpaired) electrons. The number of halogens is 3. The second-order valence-electron chi connectivity index (χ2n) is 5.81. The first-order valence-corrected chi connectivity index (χ1v) is 10.8. The van der Waals surface area contributed by atoms with Gasteiger partial charge in [0.25, 0.3) is 0 Å². The third-order valence-corrected chi connectivity index (χ3v) is 7.40. The summed E-state index contributed by atoms with van der Waals surface area (Å²) >= 11 is 18.1. The van der Waals surface area contributed by atoms with Gasteiger partial charge in [-0.1, -0.05) is 53.0 Å². The molecular formula is C17H19Cl3N3O2P. The van der Waals surface area contributed by atoms with E-state index in [0.717, 1.165) is 18.8 Å². The van der Waals surface area contributed by atoms with Gasteiger partial charge in [0.2, 0.25) is 0 Å². The minimum Gasteiger partial charge on any atom is -0.420 e. The van der Waals surface area contributed by atoms with Crippen LogP contribution in [0.1, 0.15) is 0 Å². The van der Waals surface area contributed by atoms with Crippen LogP contribution in [-0.4, -0.2) is 37.9 Å².